The van der Waals surface area contributed by atoms with Crippen molar-refractivity contribution in [3.05, 3.63) is 42.1 Å². The molecule has 1 aromatic carbocycles. The van der Waals surface area contributed by atoms with Gasteiger partial charge in [-0.3, -0.25) is 4.68 Å². The molecule has 2 atom stereocenters. The Bertz CT molecular complexity index is 1160. The van der Waals surface area contributed by atoms with Gasteiger partial charge >= 0.3 is 0 Å². The molecule has 0 amide bonds. The second-order valence-electron chi connectivity index (χ2n) is 7.43. The van der Waals surface area contributed by atoms with Gasteiger partial charge in [0, 0.05) is 18.1 Å². The van der Waals surface area contributed by atoms with Crippen molar-refractivity contribution < 1.29 is 5.11 Å². The second-order valence-corrected chi connectivity index (χ2v) is 7.43. The number of nitrogens with one attached hydrogen (secondary N) is 2. The number of fused-ring (bicyclic) bond motifs is 2. The molecule has 0 aliphatic heterocycles. The van der Waals surface area contributed by atoms with Gasteiger partial charge in [-0.25, -0.2) is 0 Å². The second kappa shape index (κ2) is 6.49. The van der Waals surface area contributed by atoms with Crippen LogP contribution in [0.3, 0.4) is 0 Å². The standard InChI is InChI=1S/C20H23N7O/c1-12-14-10-9-13(11-16(14)26(2)24-12)21-20-23-19-8-4-7-18(27(19)25-20)22-15-5-3-6-17(15)28/h4,7-11,15,17,22,28H,3,5-6H2,1-2H3,(H,21,25)/t15-,17+/m0/s1. The Hall–Kier alpha value is -3.13. The first-order chi connectivity index (χ1) is 13.6. The van der Waals surface area contributed by atoms with Gasteiger partial charge in [-0.1, -0.05) is 6.07 Å². The molecule has 8 heteroatoms. The first kappa shape index (κ1) is 17.0. The van der Waals surface area contributed by atoms with E-state index in [2.05, 4.69) is 37.9 Å². The fraction of sp³-hybridized carbons (Fsp3) is 0.350. The lowest BCUT2D eigenvalue weighted by atomic mass is 10.2. The van der Waals surface area contributed by atoms with Gasteiger partial charge in [0.1, 0.15) is 5.82 Å². The summed E-state index contributed by atoms with van der Waals surface area (Å²) in [5.74, 6) is 1.36. The zero-order valence-corrected chi connectivity index (χ0v) is 15.9. The highest BCUT2D eigenvalue weighted by Crippen LogP contribution is 2.25. The smallest absolute Gasteiger partial charge is 0.247 e. The van der Waals surface area contributed by atoms with Crippen LogP contribution in [0.4, 0.5) is 17.5 Å². The topological polar surface area (TPSA) is 92.3 Å². The molecular formula is C20H23N7O. The van der Waals surface area contributed by atoms with Gasteiger partial charge in [-0.2, -0.15) is 14.6 Å². The van der Waals surface area contributed by atoms with Crippen LogP contribution in [0.2, 0.25) is 0 Å². The van der Waals surface area contributed by atoms with Crippen LogP contribution >= 0.6 is 0 Å². The lowest BCUT2D eigenvalue weighted by Gasteiger charge is -2.17. The number of pyridine rings is 1. The number of hydrogen-bond donors (Lipinski definition) is 3. The number of aromatic nitrogens is 5. The maximum atomic E-state index is 10.1. The highest BCUT2D eigenvalue weighted by molar-refractivity contribution is 5.85. The van der Waals surface area contributed by atoms with Gasteiger partial charge in [0.2, 0.25) is 5.95 Å². The minimum atomic E-state index is -0.314. The van der Waals surface area contributed by atoms with Crippen LogP contribution in [0, 0.1) is 6.92 Å². The van der Waals surface area contributed by atoms with Crippen LogP contribution in [-0.4, -0.2) is 41.6 Å². The number of rotatable bonds is 4. The zero-order valence-electron chi connectivity index (χ0n) is 15.9. The molecule has 28 heavy (non-hydrogen) atoms. The predicted molar refractivity (Wildman–Crippen MR) is 109 cm³/mol. The number of nitrogens with zero attached hydrogens (tertiary/aromatic N) is 5. The lowest BCUT2D eigenvalue weighted by molar-refractivity contribution is 0.171. The van der Waals surface area contributed by atoms with Crippen molar-refractivity contribution in [3.63, 3.8) is 0 Å². The normalized spacial score (nSPS) is 19.5. The van der Waals surface area contributed by atoms with E-state index in [9.17, 15) is 5.11 Å². The molecule has 144 valence electrons. The van der Waals surface area contributed by atoms with E-state index in [0.29, 0.717) is 5.95 Å². The van der Waals surface area contributed by atoms with Crippen molar-refractivity contribution in [3.8, 4) is 0 Å². The van der Waals surface area contributed by atoms with E-state index in [1.807, 2.05) is 42.9 Å². The molecule has 0 radical (unpaired) electrons. The van der Waals surface area contributed by atoms with Crippen LogP contribution in [0.5, 0.6) is 0 Å². The van der Waals surface area contributed by atoms with Crippen LogP contribution in [0.1, 0.15) is 25.0 Å². The molecule has 3 N–H and O–H groups in total. The summed E-state index contributed by atoms with van der Waals surface area (Å²) in [5, 5.41) is 27.0. The Labute approximate surface area is 162 Å². The van der Waals surface area contributed by atoms with Crippen LogP contribution in [0.25, 0.3) is 16.6 Å². The monoisotopic (exact) mass is 377 g/mol. The quantitative estimate of drug-likeness (QED) is 0.506. The molecule has 1 aliphatic carbocycles. The number of anilines is 3. The minimum Gasteiger partial charge on any atom is -0.391 e. The van der Waals surface area contributed by atoms with E-state index >= 15 is 0 Å². The van der Waals surface area contributed by atoms with Gasteiger partial charge in [0.05, 0.1) is 23.4 Å². The Morgan fingerprint density at radius 2 is 2.04 bits per heavy atom. The van der Waals surface area contributed by atoms with Gasteiger partial charge in [-0.05, 0) is 56.5 Å². The Balaban J connectivity index is 1.45. The van der Waals surface area contributed by atoms with E-state index in [4.69, 9.17) is 0 Å². The maximum Gasteiger partial charge on any atom is 0.247 e. The first-order valence-electron chi connectivity index (χ1n) is 9.59. The van der Waals surface area contributed by atoms with E-state index in [1.165, 1.54) is 0 Å². The molecule has 1 aliphatic rings. The van der Waals surface area contributed by atoms with E-state index in [-0.39, 0.29) is 12.1 Å². The Morgan fingerprint density at radius 1 is 1.14 bits per heavy atom. The highest BCUT2D eigenvalue weighted by Gasteiger charge is 2.25. The molecule has 1 saturated carbocycles. The summed E-state index contributed by atoms with van der Waals surface area (Å²) in [7, 11) is 1.94. The van der Waals surface area contributed by atoms with Crippen LogP contribution < -0.4 is 10.6 Å². The number of aryl methyl sites for hydroxylation is 2. The fourth-order valence-corrected chi connectivity index (χ4v) is 4.01. The molecule has 0 saturated heterocycles. The summed E-state index contributed by atoms with van der Waals surface area (Å²) in [6, 6.07) is 12.0. The molecule has 8 nitrogen and oxygen atoms in total. The van der Waals surface area contributed by atoms with Crippen molar-refractivity contribution in [1.29, 1.82) is 0 Å². The molecule has 5 rings (SSSR count). The number of benzene rings is 1. The number of aliphatic hydroxyl groups excluding tert-OH is 1. The summed E-state index contributed by atoms with van der Waals surface area (Å²) in [6.07, 6.45) is 2.52. The first-order valence-corrected chi connectivity index (χ1v) is 9.59. The number of hydrogen-bond acceptors (Lipinski definition) is 6. The molecule has 3 aromatic heterocycles. The third-order valence-corrected chi connectivity index (χ3v) is 5.46. The van der Waals surface area contributed by atoms with Gasteiger partial charge in [-0.15, -0.1) is 5.10 Å². The zero-order chi connectivity index (χ0) is 19.3. The van der Waals surface area contributed by atoms with E-state index in [0.717, 1.165) is 53.0 Å². The molecule has 0 unspecified atom stereocenters. The Morgan fingerprint density at radius 3 is 2.86 bits per heavy atom. The largest absolute Gasteiger partial charge is 0.391 e. The summed E-state index contributed by atoms with van der Waals surface area (Å²) < 4.78 is 3.65. The highest BCUT2D eigenvalue weighted by atomic mass is 16.3. The molecular weight excluding hydrogens is 354 g/mol. The molecule has 4 aromatic rings. The summed E-state index contributed by atoms with van der Waals surface area (Å²) >= 11 is 0. The third-order valence-electron chi connectivity index (χ3n) is 5.46. The maximum absolute atomic E-state index is 10.1. The minimum absolute atomic E-state index is 0.0571. The van der Waals surface area contributed by atoms with E-state index in [1.54, 1.807) is 4.52 Å². The van der Waals surface area contributed by atoms with Crippen LogP contribution in [-0.2, 0) is 7.05 Å². The van der Waals surface area contributed by atoms with Gasteiger partial charge in [0.25, 0.3) is 0 Å². The lowest BCUT2D eigenvalue weighted by Crippen LogP contribution is -2.28. The molecule has 0 bridgehead atoms. The summed E-state index contributed by atoms with van der Waals surface area (Å²) in [5.41, 5.74) is 3.73. The van der Waals surface area contributed by atoms with Crippen LogP contribution in [0.15, 0.2) is 36.4 Å². The molecule has 1 fully saturated rings. The average Bonchev–Trinajstić information content (AvgIpc) is 3.34. The average molecular weight is 377 g/mol. The SMILES string of the molecule is Cc1nn(C)c2cc(Nc3nc4cccc(N[C@H]5CCC[C@H]5O)n4n3)ccc12. The number of aliphatic hydroxyl groups is 1. The van der Waals surface area contributed by atoms with Crippen molar-refractivity contribution in [2.45, 2.75) is 38.3 Å². The predicted octanol–water partition coefficient (Wildman–Crippen LogP) is 2.99. The van der Waals surface area contributed by atoms with Crippen molar-refractivity contribution in [2.24, 2.45) is 7.05 Å². The van der Waals surface area contributed by atoms with Crippen molar-refractivity contribution >= 4 is 34.0 Å². The molecule has 0 spiro atoms. The van der Waals surface area contributed by atoms with Gasteiger partial charge in [0.15, 0.2) is 5.65 Å². The third kappa shape index (κ3) is 2.86. The van der Waals surface area contributed by atoms with Gasteiger partial charge < -0.3 is 15.7 Å². The van der Waals surface area contributed by atoms with Crippen molar-refractivity contribution in [1.82, 2.24) is 24.4 Å². The van der Waals surface area contributed by atoms with E-state index < -0.39 is 0 Å². The summed E-state index contributed by atoms with van der Waals surface area (Å²) in [4.78, 5) is 4.59. The Kier molecular flexibility index (Phi) is 3.94. The summed E-state index contributed by atoms with van der Waals surface area (Å²) in [6.45, 7) is 2.01. The molecule has 3 heterocycles. The fourth-order valence-electron chi connectivity index (χ4n) is 4.01. The van der Waals surface area contributed by atoms with Crippen molar-refractivity contribution in [2.75, 3.05) is 10.6 Å².